The third-order valence-electron chi connectivity index (χ3n) is 2.54. The zero-order valence-corrected chi connectivity index (χ0v) is 10.4. The van der Waals surface area contributed by atoms with Crippen molar-refractivity contribution in [1.29, 1.82) is 5.26 Å². The molecule has 106 valence electrons. The van der Waals surface area contributed by atoms with E-state index in [1.54, 1.807) is 0 Å². The van der Waals surface area contributed by atoms with Crippen molar-refractivity contribution in [3.8, 4) is 6.07 Å². The highest BCUT2D eigenvalue weighted by Crippen LogP contribution is 2.15. The van der Waals surface area contributed by atoms with Gasteiger partial charge >= 0.3 is 5.97 Å². The van der Waals surface area contributed by atoms with Crippen LogP contribution in [0.4, 0.5) is 8.78 Å². The Morgan fingerprint density at radius 1 is 1.20 bits per heavy atom. The lowest BCUT2D eigenvalue weighted by molar-refractivity contribution is 0.0690. The summed E-state index contributed by atoms with van der Waals surface area (Å²) in [6.07, 6.45) is 1.47. The molecule has 7 heteroatoms. The van der Waals surface area contributed by atoms with E-state index in [0.29, 0.717) is 31.4 Å². The molecule has 0 aliphatic carbocycles. The summed E-state index contributed by atoms with van der Waals surface area (Å²) in [5.41, 5.74) is -1.03. The van der Waals surface area contributed by atoms with Crippen LogP contribution in [0.15, 0.2) is 12.1 Å². The van der Waals surface area contributed by atoms with Crippen molar-refractivity contribution in [2.24, 2.45) is 0 Å². The van der Waals surface area contributed by atoms with Crippen LogP contribution < -0.4 is 5.32 Å². The molecular weight excluding hydrogens is 270 g/mol. The second-order valence-electron chi connectivity index (χ2n) is 3.99. The maximum atomic E-state index is 13.1. The Hall–Kier alpha value is -2.49. The fourth-order valence-corrected chi connectivity index (χ4v) is 1.54. The SMILES string of the molecule is N#CCCCCNC(=O)c1cc(F)c(F)cc1C(=O)O. The molecular formula is C13H12F2N2O3. The van der Waals surface area contributed by atoms with E-state index in [1.807, 2.05) is 6.07 Å². The molecule has 0 radical (unpaired) electrons. The predicted molar refractivity (Wildman–Crippen MR) is 65.1 cm³/mol. The first-order chi connectivity index (χ1) is 9.47. The first-order valence-corrected chi connectivity index (χ1v) is 5.85. The van der Waals surface area contributed by atoms with Crippen molar-refractivity contribution in [2.75, 3.05) is 6.54 Å². The van der Waals surface area contributed by atoms with E-state index < -0.39 is 34.6 Å². The summed E-state index contributed by atoms with van der Waals surface area (Å²) in [6, 6.07) is 2.98. The third kappa shape index (κ3) is 4.02. The smallest absolute Gasteiger partial charge is 0.336 e. The molecule has 0 atom stereocenters. The summed E-state index contributed by atoms with van der Waals surface area (Å²) in [7, 11) is 0. The number of rotatable bonds is 6. The Balaban J connectivity index is 2.79. The number of benzene rings is 1. The van der Waals surface area contributed by atoms with Crippen LogP contribution in [0, 0.1) is 23.0 Å². The van der Waals surface area contributed by atoms with Gasteiger partial charge in [0.1, 0.15) is 0 Å². The maximum absolute atomic E-state index is 13.1. The molecule has 0 aromatic heterocycles. The Morgan fingerprint density at radius 2 is 1.80 bits per heavy atom. The van der Waals surface area contributed by atoms with Crippen LogP contribution in [-0.2, 0) is 0 Å². The zero-order valence-electron chi connectivity index (χ0n) is 10.4. The first-order valence-electron chi connectivity index (χ1n) is 5.85. The van der Waals surface area contributed by atoms with Gasteiger partial charge in [-0.1, -0.05) is 0 Å². The lowest BCUT2D eigenvalue weighted by Gasteiger charge is -2.08. The number of amides is 1. The zero-order chi connectivity index (χ0) is 15.1. The standard InChI is InChI=1S/C13H12F2N2O3/c14-10-6-8(9(13(19)20)7-11(10)15)12(18)17-5-3-1-2-4-16/h6-7H,1-3,5H2,(H,17,18)(H,19,20). The predicted octanol–water partition coefficient (Wildman–Crippen LogP) is 2.09. The lowest BCUT2D eigenvalue weighted by Crippen LogP contribution is -2.26. The van der Waals surface area contributed by atoms with Crippen LogP contribution >= 0.6 is 0 Å². The fraction of sp³-hybridized carbons (Fsp3) is 0.308. The van der Waals surface area contributed by atoms with Crippen molar-refractivity contribution >= 4 is 11.9 Å². The molecule has 0 unspecified atom stereocenters. The number of halogens is 2. The number of nitrogens with zero attached hydrogens (tertiary/aromatic N) is 1. The van der Waals surface area contributed by atoms with E-state index >= 15 is 0 Å². The number of carbonyl (C=O) groups excluding carboxylic acids is 1. The Kier molecular flexibility index (Phi) is 5.59. The van der Waals surface area contributed by atoms with Crippen molar-refractivity contribution in [2.45, 2.75) is 19.3 Å². The van der Waals surface area contributed by atoms with E-state index in [0.717, 1.165) is 0 Å². The Bertz CT molecular complexity index is 567. The van der Waals surface area contributed by atoms with E-state index in [9.17, 15) is 18.4 Å². The molecule has 1 aromatic carbocycles. The van der Waals surface area contributed by atoms with Crippen LogP contribution in [0.1, 0.15) is 40.0 Å². The number of carboxylic acid groups (broad SMARTS) is 1. The number of aromatic carboxylic acids is 1. The van der Waals surface area contributed by atoms with Crippen molar-refractivity contribution in [3.05, 3.63) is 34.9 Å². The van der Waals surface area contributed by atoms with Crippen LogP contribution in [0.5, 0.6) is 0 Å². The number of unbranched alkanes of at least 4 members (excludes halogenated alkanes) is 2. The highest BCUT2D eigenvalue weighted by Gasteiger charge is 2.20. The molecule has 0 aliphatic heterocycles. The summed E-state index contributed by atoms with van der Waals surface area (Å²) < 4.78 is 26.1. The van der Waals surface area contributed by atoms with Gasteiger partial charge in [-0.25, -0.2) is 13.6 Å². The molecule has 5 nitrogen and oxygen atoms in total. The largest absolute Gasteiger partial charge is 0.478 e. The second kappa shape index (κ2) is 7.19. The number of nitriles is 1. The van der Waals surface area contributed by atoms with Gasteiger partial charge in [0, 0.05) is 13.0 Å². The molecule has 2 N–H and O–H groups in total. The van der Waals surface area contributed by atoms with Gasteiger partial charge in [0.25, 0.3) is 5.91 Å². The van der Waals surface area contributed by atoms with Crippen molar-refractivity contribution in [1.82, 2.24) is 5.32 Å². The van der Waals surface area contributed by atoms with Crippen LogP contribution in [-0.4, -0.2) is 23.5 Å². The minimum atomic E-state index is -1.52. The van der Waals surface area contributed by atoms with Gasteiger partial charge in [-0.15, -0.1) is 0 Å². The number of hydrogen-bond acceptors (Lipinski definition) is 3. The monoisotopic (exact) mass is 282 g/mol. The van der Waals surface area contributed by atoms with Crippen LogP contribution in [0.2, 0.25) is 0 Å². The van der Waals surface area contributed by atoms with Crippen LogP contribution in [0.3, 0.4) is 0 Å². The molecule has 0 fully saturated rings. The minimum Gasteiger partial charge on any atom is -0.478 e. The van der Waals surface area contributed by atoms with E-state index in [-0.39, 0.29) is 6.54 Å². The highest BCUT2D eigenvalue weighted by molar-refractivity contribution is 6.04. The summed E-state index contributed by atoms with van der Waals surface area (Å²) in [6.45, 7) is 0.221. The minimum absolute atomic E-state index is 0.221. The van der Waals surface area contributed by atoms with E-state index in [4.69, 9.17) is 10.4 Å². The van der Waals surface area contributed by atoms with Gasteiger partial charge in [0.2, 0.25) is 0 Å². The molecule has 0 aliphatic rings. The maximum Gasteiger partial charge on any atom is 0.336 e. The number of carbonyl (C=O) groups is 2. The summed E-state index contributed by atoms with van der Waals surface area (Å²) in [4.78, 5) is 22.6. The molecule has 1 rings (SSSR count). The van der Waals surface area contributed by atoms with E-state index in [1.165, 1.54) is 0 Å². The lowest BCUT2D eigenvalue weighted by atomic mass is 10.1. The summed E-state index contributed by atoms with van der Waals surface area (Å²) >= 11 is 0. The molecule has 1 aromatic rings. The normalized spacial score (nSPS) is 9.85. The van der Waals surface area contributed by atoms with E-state index in [2.05, 4.69) is 5.32 Å². The van der Waals surface area contributed by atoms with Gasteiger partial charge < -0.3 is 10.4 Å². The van der Waals surface area contributed by atoms with Gasteiger partial charge in [0.15, 0.2) is 11.6 Å². The molecule has 1 amide bonds. The van der Waals surface area contributed by atoms with Crippen LogP contribution in [0.25, 0.3) is 0 Å². The molecule has 0 spiro atoms. The molecule has 0 saturated heterocycles. The molecule has 0 heterocycles. The topological polar surface area (TPSA) is 90.2 Å². The fourth-order valence-electron chi connectivity index (χ4n) is 1.54. The number of nitrogens with one attached hydrogen (secondary N) is 1. The summed E-state index contributed by atoms with van der Waals surface area (Å²) in [5, 5.41) is 19.6. The highest BCUT2D eigenvalue weighted by atomic mass is 19.2. The average Bonchev–Trinajstić information content (AvgIpc) is 2.40. The Labute approximate surface area is 113 Å². The molecule has 0 saturated carbocycles. The van der Waals surface area contributed by atoms with Crippen molar-refractivity contribution in [3.63, 3.8) is 0 Å². The molecule has 20 heavy (non-hydrogen) atoms. The van der Waals surface area contributed by atoms with Gasteiger partial charge in [-0.05, 0) is 25.0 Å². The number of carboxylic acids is 1. The third-order valence-corrected chi connectivity index (χ3v) is 2.54. The summed E-state index contributed by atoms with van der Waals surface area (Å²) in [5.74, 6) is -4.92. The van der Waals surface area contributed by atoms with Gasteiger partial charge in [-0.3, -0.25) is 4.79 Å². The second-order valence-corrected chi connectivity index (χ2v) is 3.99. The molecule has 0 bridgehead atoms. The Morgan fingerprint density at radius 3 is 2.35 bits per heavy atom. The van der Waals surface area contributed by atoms with Gasteiger partial charge in [-0.2, -0.15) is 5.26 Å². The van der Waals surface area contributed by atoms with Gasteiger partial charge in [0.05, 0.1) is 17.2 Å². The van der Waals surface area contributed by atoms with Crippen molar-refractivity contribution < 1.29 is 23.5 Å². The quantitative estimate of drug-likeness (QED) is 0.782. The number of hydrogen-bond donors (Lipinski definition) is 2. The average molecular weight is 282 g/mol. The first kappa shape index (κ1) is 15.6.